The Bertz CT molecular complexity index is 807. The van der Waals surface area contributed by atoms with Gasteiger partial charge in [0.15, 0.2) is 6.29 Å². The molecule has 27 heavy (non-hydrogen) atoms. The van der Waals surface area contributed by atoms with Crippen molar-refractivity contribution in [1.29, 1.82) is 0 Å². The van der Waals surface area contributed by atoms with Gasteiger partial charge < -0.3 is 39.2 Å². The van der Waals surface area contributed by atoms with Crippen LogP contribution in [0.15, 0.2) is 18.2 Å². The molecule has 1 aromatic carbocycles. The van der Waals surface area contributed by atoms with Gasteiger partial charge in [-0.3, -0.25) is 0 Å². The third-order valence-corrected chi connectivity index (χ3v) is 4.68. The first kappa shape index (κ1) is 19.7. The first-order chi connectivity index (χ1) is 12.9. The highest BCUT2D eigenvalue weighted by atomic mass is 16.7. The van der Waals surface area contributed by atoms with Crippen LogP contribution in [0.4, 0.5) is 0 Å². The number of hydrogen-bond donors (Lipinski definition) is 4. The fourth-order valence-corrected chi connectivity index (χ4v) is 3.13. The second-order valence-electron chi connectivity index (χ2n) is 6.31. The number of imidazole rings is 1. The van der Waals surface area contributed by atoms with Gasteiger partial charge in [0.1, 0.15) is 36.8 Å². The third kappa shape index (κ3) is 3.68. The number of aromatic carboxylic acids is 1. The highest BCUT2D eigenvalue weighted by molar-refractivity contribution is 5.92. The molecule has 0 radical (unpaired) electrons. The van der Waals surface area contributed by atoms with Crippen LogP contribution in [0, 0.1) is 0 Å². The summed E-state index contributed by atoms with van der Waals surface area (Å²) in [4.78, 5) is 15.5. The van der Waals surface area contributed by atoms with Crippen LogP contribution in [0.1, 0.15) is 16.2 Å². The van der Waals surface area contributed by atoms with E-state index in [1.807, 2.05) is 0 Å². The number of aryl methyl sites for hydroxylation is 1. The van der Waals surface area contributed by atoms with Crippen molar-refractivity contribution in [1.82, 2.24) is 9.55 Å². The average molecular weight is 382 g/mol. The lowest BCUT2D eigenvalue weighted by Crippen LogP contribution is -2.59. The molecule has 10 nitrogen and oxygen atoms in total. The number of hydrogen-bond acceptors (Lipinski definition) is 8. The minimum Gasteiger partial charge on any atom is -0.478 e. The molecular weight excluding hydrogens is 360 g/mol. The minimum absolute atomic E-state index is 0.0546. The van der Waals surface area contributed by atoms with Crippen molar-refractivity contribution in [2.75, 3.05) is 13.7 Å². The van der Waals surface area contributed by atoms with Crippen LogP contribution >= 0.6 is 0 Å². The summed E-state index contributed by atoms with van der Waals surface area (Å²) >= 11 is 0. The van der Waals surface area contributed by atoms with Gasteiger partial charge in [-0.05, 0) is 18.2 Å². The largest absolute Gasteiger partial charge is 0.478 e. The zero-order valence-corrected chi connectivity index (χ0v) is 14.8. The van der Waals surface area contributed by atoms with Gasteiger partial charge in [-0.25, -0.2) is 9.78 Å². The van der Waals surface area contributed by atoms with E-state index in [0.717, 1.165) is 5.52 Å². The van der Waals surface area contributed by atoms with Gasteiger partial charge in [0, 0.05) is 14.2 Å². The number of aliphatic hydroxyl groups is 3. The van der Waals surface area contributed by atoms with E-state index in [4.69, 9.17) is 19.3 Å². The zero-order chi connectivity index (χ0) is 19.7. The second kappa shape index (κ2) is 7.89. The second-order valence-corrected chi connectivity index (χ2v) is 6.31. The fourth-order valence-electron chi connectivity index (χ4n) is 3.13. The van der Waals surface area contributed by atoms with E-state index >= 15 is 0 Å². The average Bonchev–Trinajstić information content (AvgIpc) is 2.97. The molecule has 0 unspecified atom stereocenters. The molecule has 2 aromatic rings. The molecule has 1 aliphatic heterocycles. The molecule has 3 rings (SSSR count). The van der Waals surface area contributed by atoms with Gasteiger partial charge >= 0.3 is 5.97 Å². The van der Waals surface area contributed by atoms with Crippen molar-refractivity contribution < 1.29 is 39.4 Å². The molecule has 0 saturated carbocycles. The van der Waals surface area contributed by atoms with E-state index in [1.54, 1.807) is 17.7 Å². The molecule has 0 bridgehead atoms. The number of carbonyl (C=O) groups is 1. The van der Waals surface area contributed by atoms with Gasteiger partial charge in [0.25, 0.3) is 0 Å². The van der Waals surface area contributed by atoms with Crippen molar-refractivity contribution in [3.8, 4) is 0 Å². The summed E-state index contributed by atoms with van der Waals surface area (Å²) in [7, 11) is 3.09. The topological polar surface area (TPSA) is 144 Å². The summed E-state index contributed by atoms with van der Waals surface area (Å²) in [6.07, 6.45) is -5.59. The van der Waals surface area contributed by atoms with Crippen LogP contribution in [0.25, 0.3) is 11.0 Å². The Morgan fingerprint density at radius 1 is 1.33 bits per heavy atom. The highest BCUT2D eigenvalue weighted by Crippen LogP contribution is 2.25. The van der Waals surface area contributed by atoms with E-state index in [9.17, 15) is 20.1 Å². The number of aliphatic hydroxyl groups excluding tert-OH is 3. The summed E-state index contributed by atoms with van der Waals surface area (Å²) < 4.78 is 17.7. The Balaban J connectivity index is 1.80. The zero-order valence-electron chi connectivity index (χ0n) is 14.8. The molecule has 4 N–H and O–H groups in total. The Morgan fingerprint density at radius 3 is 2.70 bits per heavy atom. The number of fused-ring (bicyclic) bond motifs is 1. The molecular formula is C17H22N2O8. The van der Waals surface area contributed by atoms with Crippen molar-refractivity contribution in [2.24, 2.45) is 7.05 Å². The minimum atomic E-state index is -1.26. The molecule has 1 aromatic heterocycles. The molecule has 0 aliphatic carbocycles. The SMILES string of the molecule is CO[C@@H]1O[C@H](CO)[C@H](O)[C@H](OCc2nc3cc(C(=O)O)ccc3n2C)[C@H]1O. The van der Waals surface area contributed by atoms with Gasteiger partial charge in [-0.2, -0.15) is 0 Å². The number of nitrogens with zero attached hydrogens (tertiary/aromatic N) is 2. The number of benzene rings is 1. The lowest BCUT2D eigenvalue weighted by Gasteiger charge is -2.41. The Labute approximate surface area is 154 Å². The van der Waals surface area contributed by atoms with Crippen molar-refractivity contribution in [3.05, 3.63) is 29.6 Å². The lowest BCUT2D eigenvalue weighted by atomic mass is 9.99. The lowest BCUT2D eigenvalue weighted by molar-refractivity contribution is -0.303. The van der Waals surface area contributed by atoms with E-state index in [2.05, 4.69) is 4.98 Å². The summed E-state index contributed by atoms with van der Waals surface area (Å²) in [6, 6.07) is 4.59. The molecule has 1 aliphatic rings. The number of carboxylic acid groups (broad SMARTS) is 1. The van der Waals surface area contributed by atoms with E-state index in [0.29, 0.717) is 11.3 Å². The first-order valence-corrected chi connectivity index (χ1v) is 8.32. The Morgan fingerprint density at radius 2 is 2.07 bits per heavy atom. The number of methoxy groups -OCH3 is 1. The predicted molar refractivity (Wildman–Crippen MR) is 91.0 cm³/mol. The standard InChI is InChI=1S/C17H22N2O8/c1-19-10-4-3-8(16(23)24)5-9(10)18-12(19)7-26-15-13(21)11(6-20)27-17(25-2)14(15)22/h3-5,11,13-15,17,20-22H,6-7H2,1-2H3,(H,23,24)/t11-,13+,14-,15+,17-/m1/s1. The highest BCUT2D eigenvalue weighted by Gasteiger charge is 2.45. The summed E-state index contributed by atoms with van der Waals surface area (Å²) in [5, 5.41) is 39.0. The maximum absolute atomic E-state index is 11.1. The van der Waals surface area contributed by atoms with Crippen molar-refractivity contribution in [3.63, 3.8) is 0 Å². The maximum Gasteiger partial charge on any atom is 0.335 e. The molecule has 0 amide bonds. The molecule has 0 spiro atoms. The monoisotopic (exact) mass is 382 g/mol. The summed E-state index contributed by atoms with van der Waals surface area (Å²) in [5.41, 5.74) is 1.33. The third-order valence-electron chi connectivity index (χ3n) is 4.68. The Hall–Kier alpha value is -2.08. The summed E-state index contributed by atoms with van der Waals surface area (Å²) in [5.74, 6) is -0.567. The molecule has 1 fully saturated rings. The Kier molecular flexibility index (Phi) is 5.75. The number of ether oxygens (including phenoxy) is 3. The molecule has 5 atom stereocenters. The predicted octanol–water partition coefficient (Wildman–Crippen LogP) is -0.758. The molecule has 10 heteroatoms. The van der Waals surface area contributed by atoms with Crippen LogP contribution in [-0.4, -0.2) is 80.4 Å². The molecule has 1 saturated heterocycles. The quantitative estimate of drug-likeness (QED) is 0.507. The smallest absolute Gasteiger partial charge is 0.335 e. The first-order valence-electron chi connectivity index (χ1n) is 8.32. The van der Waals surface area contributed by atoms with Crippen molar-refractivity contribution in [2.45, 2.75) is 37.3 Å². The van der Waals surface area contributed by atoms with Crippen LogP contribution in [-0.2, 0) is 27.9 Å². The van der Waals surface area contributed by atoms with Crippen LogP contribution < -0.4 is 0 Å². The van der Waals surface area contributed by atoms with Gasteiger partial charge in [-0.1, -0.05) is 0 Å². The number of carboxylic acids is 1. The maximum atomic E-state index is 11.1. The molecule has 148 valence electrons. The van der Waals surface area contributed by atoms with E-state index in [1.165, 1.54) is 19.2 Å². The van der Waals surface area contributed by atoms with Gasteiger partial charge in [-0.15, -0.1) is 0 Å². The van der Waals surface area contributed by atoms with Crippen LogP contribution in [0.3, 0.4) is 0 Å². The van der Waals surface area contributed by atoms with Crippen LogP contribution in [0.2, 0.25) is 0 Å². The van der Waals surface area contributed by atoms with Gasteiger partial charge in [0.2, 0.25) is 0 Å². The van der Waals surface area contributed by atoms with E-state index < -0.39 is 43.3 Å². The number of rotatable bonds is 6. The summed E-state index contributed by atoms with van der Waals surface area (Å²) in [6.45, 7) is -0.515. The van der Waals surface area contributed by atoms with Gasteiger partial charge in [0.05, 0.1) is 23.2 Å². The number of aromatic nitrogens is 2. The van der Waals surface area contributed by atoms with Crippen LogP contribution in [0.5, 0.6) is 0 Å². The fraction of sp³-hybridized carbons (Fsp3) is 0.529. The van der Waals surface area contributed by atoms with Crippen molar-refractivity contribution >= 4 is 17.0 Å². The normalized spacial score (nSPS) is 28.6. The van der Waals surface area contributed by atoms with E-state index in [-0.39, 0.29) is 12.2 Å². The molecule has 2 heterocycles.